The Morgan fingerprint density at radius 2 is 2.05 bits per heavy atom. The first-order valence-electron chi connectivity index (χ1n) is 6.52. The number of ether oxygens (including phenoxy) is 1. The van der Waals surface area contributed by atoms with Gasteiger partial charge in [-0.3, -0.25) is 4.79 Å². The molecule has 19 heavy (non-hydrogen) atoms. The van der Waals surface area contributed by atoms with E-state index in [0.29, 0.717) is 17.0 Å². The summed E-state index contributed by atoms with van der Waals surface area (Å²) in [7, 11) is 3.66. The zero-order chi connectivity index (χ0) is 13.8. The van der Waals surface area contributed by atoms with Crippen LogP contribution < -0.4 is 15.8 Å². The van der Waals surface area contributed by atoms with E-state index in [4.69, 9.17) is 10.5 Å². The van der Waals surface area contributed by atoms with Crippen LogP contribution in [-0.4, -0.2) is 44.1 Å². The molecule has 3 N–H and O–H groups in total. The molecule has 0 aliphatic carbocycles. The van der Waals surface area contributed by atoms with Gasteiger partial charge in [0.05, 0.1) is 7.11 Å². The molecule has 2 rings (SSSR count). The lowest BCUT2D eigenvalue weighted by atomic mass is 10.0. The fourth-order valence-corrected chi connectivity index (χ4v) is 2.29. The number of nitrogens with one attached hydrogen (secondary N) is 1. The van der Waals surface area contributed by atoms with Crippen molar-refractivity contribution < 1.29 is 9.53 Å². The average Bonchev–Trinajstić information content (AvgIpc) is 2.40. The van der Waals surface area contributed by atoms with Gasteiger partial charge in [-0.25, -0.2) is 0 Å². The summed E-state index contributed by atoms with van der Waals surface area (Å²) in [4.78, 5) is 14.4. The summed E-state index contributed by atoms with van der Waals surface area (Å²) in [6.07, 6.45) is 1.98. The Morgan fingerprint density at radius 1 is 1.37 bits per heavy atom. The van der Waals surface area contributed by atoms with Crippen molar-refractivity contribution in [2.45, 2.75) is 18.9 Å². The van der Waals surface area contributed by atoms with E-state index in [2.05, 4.69) is 17.3 Å². The van der Waals surface area contributed by atoms with E-state index >= 15 is 0 Å². The summed E-state index contributed by atoms with van der Waals surface area (Å²) in [5.41, 5.74) is 6.84. The molecular formula is C14H21N3O2. The van der Waals surface area contributed by atoms with Crippen LogP contribution in [0.25, 0.3) is 0 Å². The highest BCUT2D eigenvalue weighted by molar-refractivity contribution is 5.95. The summed E-state index contributed by atoms with van der Waals surface area (Å²) in [6.45, 7) is 2.04. The molecule has 0 aromatic heterocycles. The zero-order valence-corrected chi connectivity index (χ0v) is 11.5. The van der Waals surface area contributed by atoms with Crippen molar-refractivity contribution in [3.8, 4) is 5.75 Å². The largest absolute Gasteiger partial charge is 0.497 e. The van der Waals surface area contributed by atoms with Crippen LogP contribution in [-0.2, 0) is 0 Å². The first kappa shape index (κ1) is 13.7. The second kappa shape index (κ2) is 5.93. The quantitative estimate of drug-likeness (QED) is 0.801. The molecule has 0 spiro atoms. The van der Waals surface area contributed by atoms with Crippen molar-refractivity contribution >= 4 is 11.6 Å². The second-order valence-electron chi connectivity index (χ2n) is 5.05. The van der Waals surface area contributed by atoms with Gasteiger partial charge in [0.15, 0.2) is 0 Å². The van der Waals surface area contributed by atoms with Crippen molar-refractivity contribution in [2.75, 3.05) is 33.0 Å². The molecule has 0 saturated carbocycles. The maximum Gasteiger partial charge on any atom is 0.251 e. The third-order valence-electron chi connectivity index (χ3n) is 3.48. The number of piperidine rings is 1. The Morgan fingerprint density at radius 3 is 2.68 bits per heavy atom. The Bertz CT molecular complexity index is 454. The van der Waals surface area contributed by atoms with Crippen molar-refractivity contribution in [1.82, 2.24) is 10.2 Å². The highest BCUT2D eigenvalue weighted by atomic mass is 16.5. The van der Waals surface area contributed by atoms with Gasteiger partial charge in [-0.05, 0) is 45.1 Å². The molecular weight excluding hydrogens is 242 g/mol. The van der Waals surface area contributed by atoms with Crippen LogP contribution in [0.1, 0.15) is 23.2 Å². The molecule has 1 amide bonds. The van der Waals surface area contributed by atoms with Crippen LogP contribution in [0.15, 0.2) is 18.2 Å². The number of methoxy groups -OCH3 is 1. The Labute approximate surface area is 113 Å². The number of nitrogen functional groups attached to an aromatic ring is 1. The van der Waals surface area contributed by atoms with Crippen LogP contribution in [0.4, 0.5) is 5.69 Å². The topological polar surface area (TPSA) is 67.6 Å². The van der Waals surface area contributed by atoms with Gasteiger partial charge in [0.1, 0.15) is 5.75 Å². The number of anilines is 1. The van der Waals surface area contributed by atoms with Gasteiger partial charge in [0, 0.05) is 23.4 Å². The van der Waals surface area contributed by atoms with Crippen molar-refractivity contribution in [3.05, 3.63) is 23.8 Å². The first-order valence-corrected chi connectivity index (χ1v) is 6.52. The predicted octanol–water partition coefficient (Wildman–Crippen LogP) is 1.10. The molecule has 1 fully saturated rings. The van der Waals surface area contributed by atoms with E-state index in [1.54, 1.807) is 25.3 Å². The number of nitrogens with two attached hydrogens (primary N) is 1. The second-order valence-corrected chi connectivity index (χ2v) is 5.05. The molecule has 1 saturated heterocycles. The summed E-state index contributed by atoms with van der Waals surface area (Å²) in [5, 5.41) is 3.06. The minimum atomic E-state index is -0.0832. The molecule has 1 aliphatic rings. The number of hydrogen-bond acceptors (Lipinski definition) is 4. The van der Waals surface area contributed by atoms with E-state index in [0.717, 1.165) is 25.9 Å². The third kappa shape index (κ3) is 3.61. The van der Waals surface area contributed by atoms with Crippen LogP contribution in [0.5, 0.6) is 5.75 Å². The number of amides is 1. The molecule has 1 heterocycles. The monoisotopic (exact) mass is 263 g/mol. The Kier molecular flexibility index (Phi) is 4.27. The van der Waals surface area contributed by atoms with Gasteiger partial charge in [0.25, 0.3) is 5.91 Å². The third-order valence-corrected chi connectivity index (χ3v) is 3.48. The van der Waals surface area contributed by atoms with E-state index in [1.165, 1.54) is 0 Å². The molecule has 1 aliphatic heterocycles. The first-order chi connectivity index (χ1) is 9.08. The standard InChI is InChI=1S/C14H21N3O2/c1-17-5-3-12(4-6-17)16-14(18)10-7-11(15)9-13(8-10)19-2/h7-9,12H,3-6,15H2,1-2H3,(H,16,18). The summed E-state index contributed by atoms with van der Waals surface area (Å²) in [6, 6.07) is 5.33. The minimum Gasteiger partial charge on any atom is -0.497 e. The number of nitrogens with zero attached hydrogens (tertiary/aromatic N) is 1. The van der Waals surface area contributed by atoms with E-state index in [-0.39, 0.29) is 11.9 Å². The highest BCUT2D eigenvalue weighted by Crippen LogP contribution is 2.19. The van der Waals surface area contributed by atoms with Crippen LogP contribution in [0.2, 0.25) is 0 Å². The van der Waals surface area contributed by atoms with Gasteiger partial charge in [-0.15, -0.1) is 0 Å². The number of hydrogen-bond donors (Lipinski definition) is 2. The lowest BCUT2D eigenvalue weighted by Gasteiger charge is -2.29. The van der Waals surface area contributed by atoms with E-state index in [1.807, 2.05) is 0 Å². The Balaban J connectivity index is 2.01. The Hall–Kier alpha value is -1.75. The number of likely N-dealkylation sites (tertiary alicyclic amines) is 1. The molecule has 5 heteroatoms. The molecule has 5 nitrogen and oxygen atoms in total. The van der Waals surface area contributed by atoms with Gasteiger partial charge in [0.2, 0.25) is 0 Å². The molecule has 1 aromatic carbocycles. The minimum absolute atomic E-state index is 0.0832. The van der Waals surface area contributed by atoms with Gasteiger partial charge < -0.3 is 20.7 Å². The fourth-order valence-electron chi connectivity index (χ4n) is 2.29. The smallest absolute Gasteiger partial charge is 0.251 e. The molecule has 0 atom stereocenters. The lowest BCUT2D eigenvalue weighted by Crippen LogP contribution is -2.43. The number of carbonyl (C=O) groups excluding carboxylic acids is 1. The number of carbonyl (C=O) groups is 1. The summed E-state index contributed by atoms with van der Waals surface area (Å²) < 4.78 is 5.12. The maximum absolute atomic E-state index is 12.2. The van der Waals surface area contributed by atoms with Gasteiger partial charge in [-0.1, -0.05) is 0 Å². The molecule has 0 unspecified atom stereocenters. The number of rotatable bonds is 3. The van der Waals surface area contributed by atoms with Crippen LogP contribution in [0.3, 0.4) is 0 Å². The van der Waals surface area contributed by atoms with Crippen LogP contribution >= 0.6 is 0 Å². The fraction of sp³-hybridized carbons (Fsp3) is 0.500. The van der Waals surface area contributed by atoms with Crippen molar-refractivity contribution in [1.29, 1.82) is 0 Å². The predicted molar refractivity (Wildman–Crippen MR) is 75.4 cm³/mol. The van der Waals surface area contributed by atoms with E-state index in [9.17, 15) is 4.79 Å². The van der Waals surface area contributed by atoms with Gasteiger partial charge >= 0.3 is 0 Å². The number of benzene rings is 1. The highest BCUT2D eigenvalue weighted by Gasteiger charge is 2.19. The lowest BCUT2D eigenvalue weighted by molar-refractivity contribution is 0.0916. The summed E-state index contributed by atoms with van der Waals surface area (Å²) >= 11 is 0. The average molecular weight is 263 g/mol. The summed E-state index contributed by atoms with van der Waals surface area (Å²) in [5.74, 6) is 0.522. The van der Waals surface area contributed by atoms with E-state index < -0.39 is 0 Å². The molecule has 0 bridgehead atoms. The molecule has 1 aromatic rings. The van der Waals surface area contributed by atoms with Crippen molar-refractivity contribution in [2.24, 2.45) is 0 Å². The zero-order valence-electron chi connectivity index (χ0n) is 11.5. The molecule has 104 valence electrons. The maximum atomic E-state index is 12.2. The molecule has 0 radical (unpaired) electrons. The SMILES string of the molecule is COc1cc(N)cc(C(=O)NC2CCN(C)CC2)c1. The van der Waals surface area contributed by atoms with Crippen LogP contribution in [0, 0.1) is 0 Å². The van der Waals surface area contributed by atoms with Gasteiger partial charge in [-0.2, -0.15) is 0 Å². The normalized spacial score (nSPS) is 17.2. The van der Waals surface area contributed by atoms with Crippen molar-refractivity contribution in [3.63, 3.8) is 0 Å².